The lowest BCUT2D eigenvalue weighted by molar-refractivity contribution is -0.131. The number of nitrogens with zero attached hydrogens (tertiary/aromatic N) is 1. The highest BCUT2D eigenvalue weighted by Crippen LogP contribution is 2.33. The predicted molar refractivity (Wildman–Crippen MR) is 117 cm³/mol. The van der Waals surface area contributed by atoms with Gasteiger partial charge in [-0.1, -0.05) is 46.3 Å². The summed E-state index contributed by atoms with van der Waals surface area (Å²) in [5, 5.41) is 0.748. The maximum Gasteiger partial charge on any atom is 0.308 e. The molecule has 0 fully saturated rings. The van der Waals surface area contributed by atoms with E-state index in [1.807, 2.05) is 55.5 Å². The van der Waals surface area contributed by atoms with E-state index in [2.05, 4.69) is 20.5 Å². The van der Waals surface area contributed by atoms with E-state index in [9.17, 15) is 9.59 Å². The van der Waals surface area contributed by atoms with E-state index in [-0.39, 0.29) is 5.78 Å². The Balaban J connectivity index is 1.99. The van der Waals surface area contributed by atoms with Crippen molar-refractivity contribution in [2.45, 2.75) is 13.8 Å². The van der Waals surface area contributed by atoms with Crippen LogP contribution in [0.15, 0.2) is 77.3 Å². The summed E-state index contributed by atoms with van der Waals surface area (Å²) in [6.07, 6.45) is 0. The number of hydrogen-bond donors (Lipinski definition) is 0. The molecule has 1 aromatic heterocycles. The van der Waals surface area contributed by atoms with Gasteiger partial charge in [0.1, 0.15) is 5.75 Å². The smallest absolute Gasteiger partial charge is 0.308 e. The zero-order valence-electron chi connectivity index (χ0n) is 16.0. The molecular formula is C24H18BrNO3. The topological polar surface area (TPSA) is 48.3 Å². The normalized spacial score (nSPS) is 10.9. The molecule has 0 N–H and O–H groups in total. The highest BCUT2D eigenvalue weighted by atomic mass is 79.9. The zero-order valence-corrected chi connectivity index (χ0v) is 17.6. The van der Waals surface area contributed by atoms with Gasteiger partial charge in [0.25, 0.3) is 0 Å². The van der Waals surface area contributed by atoms with Crippen molar-refractivity contribution in [3.8, 4) is 11.4 Å². The fourth-order valence-electron chi connectivity index (χ4n) is 3.57. The summed E-state index contributed by atoms with van der Waals surface area (Å²) >= 11 is 3.47. The molecule has 0 aliphatic heterocycles. The minimum atomic E-state index is -0.399. The molecule has 1 heterocycles. The molecule has 0 bridgehead atoms. The Morgan fingerprint density at radius 1 is 0.931 bits per heavy atom. The summed E-state index contributed by atoms with van der Waals surface area (Å²) < 4.78 is 8.30. The van der Waals surface area contributed by atoms with Crippen LogP contribution in [0.2, 0.25) is 0 Å². The van der Waals surface area contributed by atoms with Gasteiger partial charge < -0.3 is 9.30 Å². The lowest BCUT2D eigenvalue weighted by atomic mass is 10.0. The first kappa shape index (κ1) is 19.2. The minimum absolute atomic E-state index is 0.0658. The second-order valence-corrected chi connectivity index (χ2v) is 7.66. The Hall–Kier alpha value is -3.18. The lowest BCUT2D eigenvalue weighted by Gasteiger charge is -2.09. The molecule has 4 nitrogen and oxygen atoms in total. The quantitative estimate of drug-likeness (QED) is 0.223. The average Bonchev–Trinajstić information content (AvgIpc) is 2.99. The number of hydrogen-bond acceptors (Lipinski definition) is 3. The molecule has 0 unspecified atom stereocenters. The molecule has 144 valence electrons. The van der Waals surface area contributed by atoms with Crippen LogP contribution < -0.4 is 4.74 Å². The molecule has 4 aromatic rings. The van der Waals surface area contributed by atoms with Crippen LogP contribution in [0.25, 0.3) is 16.6 Å². The molecule has 0 spiro atoms. The van der Waals surface area contributed by atoms with E-state index in [1.54, 1.807) is 24.3 Å². The third-order valence-electron chi connectivity index (χ3n) is 4.78. The number of ether oxygens (including phenoxy) is 1. The Labute approximate surface area is 176 Å². The highest BCUT2D eigenvalue weighted by Gasteiger charge is 2.22. The van der Waals surface area contributed by atoms with Crippen molar-refractivity contribution in [2.75, 3.05) is 0 Å². The summed E-state index contributed by atoms with van der Waals surface area (Å²) in [7, 11) is 0. The van der Waals surface area contributed by atoms with Crippen LogP contribution in [-0.2, 0) is 4.79 Å². The van der Waals surface area contributed by atoms with E-state index in [0.717, 1.165) is 26.8 Å². The molecule has 0 radical (unpaired) electrons. The predicted octanol–water partition coefficient (Wildman–Crippen LogP) is 5.86. The van der Waals surface area contributed by atoms with Crippen LogP contribution in [-0.4, -0.2) is 16.3 Å². The Morgan fingerprint density at radius 3 is 2.28 bits per heavy atom. The van der Waals surface area contributed by atoms with Crippen molar-refractivity contribution in [1.82, 2.24) is 4.57 Å². The molecule has 0 amide bonds. The van der Waals surface area contributed by atoms with Gasteiger partial charge in [0, 0.05) is 33.7 Å². The van der Waals surface area contributed by atoms with E-state index in [4.69, 9.17) is 4.74 Å². The fourth-order valence-corrected chi connectivity index (χ4v) is 3.83. The Bertz CT molecular complexity index is 1220. The first-order chi connectivity index (χ1) is 14.0. The van der Waals surface area contributed by atoms with Crippen LogP contribution in [0.4, 0.5) is 0 Å². The molecule has 0 aliphatic rings. The van der Waals surface area contributed by atoms with Gasteiger partial charge in [-0.25, -0.2) is 0 Å². The Morgan fingerprint density at radius 2 is 1.62 bits per heavy atom. The van der Waals surface area contributed by atoms with Crippen molar-refractivity contribution < 1.29 is 14.3 Å². The molecular weight excluding hydrogens is 430 g/mol. The van der Waals surface area contributed by atoms with Gasteiger partial charge in [0.15, 0.2) is 5.78 Å². The fraction of sp³-hybridized carbons (Fsp3) is 0.0833. The van der Waals surface area contributed by atoms with Crippen LogP contribution >= 0.6 is 15.9 Å². The van der Waals surface area contributed by atoms with Crippen molar-refractivity contribution in [2.24, 2.45) is 0 Å². The van der Waals surface area contributed by atoms with Crippen molar-refractivity contribution >= 4 is 38.6 Å². The number of esters is 1. The van der Waals surface area contributed by atoms with Gasteiger partial charge in [-0.2, -0.15) is 0 Å². The zero-order chi connectivity index (χ0) is 20.5. The molecule has 29 heavy (non-hydrogen) atoms. The van der Waals surface area contributed by atoms with Gasteiger partial charge in [-0.05, 0) is 49.4 Å². The summed E-state index contributed by atoms with van der Waals surface area (Å²) in [6.45, 7) is 3.29. The van der Waals surface area contributed by atoms with Crippen LogP contribution in [0.1, 0.15) is 28.5 Å². The SMILES string of the molecule is CC(=O)Oc1ccc2c(c1)c(C(=O)c1ccccc1)c(C)n2-c1ccc(Br)cc1. The number of rotatable bonds is 4. The van der Waals surface area contributed by atoms with E-state index < -0.39 is 5.97 Å². The van der Waals surface area contributed by atoms with Gasteiger partial charge in [-0.3, -0.25) is 9.59 Å². The van der Waals surface area contributed by atoms with Gasteiger partial charge in [0.05, 0.1) is 11.1 Å². The van der Waals surface area contributed by atoms with Gasteiger partial charge in [-0.15, -0.1) is 0 Å². The standard InChI is InChI=1S/C24H18BrNO3/c1-15-23(24(28)17-6-4-3-5-7-17)21-14-20(29-16(2)27)12-13-22(21)26(15)19-10-8-18(25)9-11-19/h3-14H,1-2H3. The number of benzene rings is 3. The summed E-state index contributed by atoms with van der Waals surface area (Å²) in [5.41, 5.74) is 3.87. The monoisotopic (exact) mass is 447 g/mol. The number of fused-ring (bicyclic) bond motifs is 1. The largest absolute Gasteiger partial charge is 0.427 e. The van der Waals surface area contributed by atoms with Crippen LogP contribution in [0.5, 0.6) is 5.75 Å². The third kappa shape index (κ3) is 3.61. The number of halogens is 1. The summed E-state index contributed by atoms with van der Waals surface area (Å²) in [5.74, 6) is -0.0478. The van der Waals surface area contributed by atoms with E-state index >= 15 is 0 Å². The lowest BCUT2D eigenvalue weighted by Crippen LogP contribution is -2.04. The molecule has 0 saturated heterocycles. The van der Waals surface area contributed by atoms with E-state index in [0.29, 0.717) is 16.9 Å². The Kier molecular flexibility index (Phi) is 5.07. The number of ketones is 1. The van der Waals surface area contributed by atoms with Crippen LogP contribution in [0.3, 0.4) is 0 Å². The second kappa shape index (κ2) is 7.68. The summed E-state index contributed by atoms with van der Waals surface area (Å²) in [4.78, 5) is 24.8. The molecule has 0 atom stereocenters. The molecule has 5 heteroatoms. The molecule has 4 rings (SSSR count). The van der Waals surface area contributed by atoms with E-state index in [1.165, 1.54) is 6.92 Å². The third-order valence-corrected chi connectivity index (χ3v) is 5.31. The number of aromatic nitrogens is 1. The first-order valence-corrected chi connectivity index (χ1v) is 9.94. The van der Waals surface area contributed by atoms with Crippen molar-refractivity contribution in [3.63, 3.8) is 0 Å². The first-order valence-electron chi connectivity index (χ1n) is 9.15. The minimum Gasteiger partial charge on any atom is -0.427 e. The van der Waals surface area contributed by atoms with Gasteiger partial charge >= 0.3 is 5.97 Å². The van der Waals surface area contributed by atoms with Gasteiger partial charge in [0.2, 0.25) is 0 Å². The maximum absolute atomic E-state index is 13.4. The summed E-state index contributed by atoms with van der Waals surface area (Å²) in [6, 6.07) is 22.5. The molecule has 0 saturated carbocycles. The van der Waals surface area contributed by atoms with Crippen LogP contribution in [0, 0.1) is 6.92 Å². The second-order valence-electron chi connectivity index (χ2n) is 6.74. The number of carbonyl (C=O) groups excluding carboxylic acids is 2. The maximum atomic E-state index is 13.4. The molecule has 3 aromatic carbocycles. The highest BCUT2D eigenvalue weighted by molar-refractivity contribution is 9.10. The molecule has 0 aliphatic carbocycles. The van der Waals surface area contributed by atoms with Crippen molar-refractivity contribution in [1.29, 1.82) is 0 Å². The van der Waals surface area contributed by atoms with Crippen molar-refractivity contribution in [3.05, 3.63) is 94.1 Å². The number of carbonyl (C=O) groups is 2. The average molecular weight is 448 g/mol.